The van der Waals surface area contributed by atoms with Gasteiger partial charge in [0.05, 0.1) is 18.5 Å². The monoisotopic (exact) mass is 422 g/mol. The molecule has 1 N–H and O–H groups in total. The molecule has 0 radical (unpaired) electrons. The van der Waals surface area contributed by atoms with E-state index in [9.17, 15) is 13.2 Å². The molecule has 0 bridgehead atoms. The average molecular weight is 423 g/mol. The molecular weight excluding hydrogens is 396 g/mol. The standard InChI is InChI=1S/C24H26N2O3S/c1-18(2)22-11-7-8-12-23(22)25-24(27)20-15-13-19(14-16-20)17-26(30(3,28)29)21-9-5-4-6-10-21/h4-16,18H,17H2,1-3H3,(H,25,27). The van der Waals surface area contributed by atoms with Crippen LogP contribution in [0.5, 0.6) is 0 Å². The number of carbonyl (C=O) groups is 1. The number of hydrogen-bond acceptors (Lipinski definition) is 3. The van der Waals surface area contributed by atoms with Crippen LogP contribution in [0, 0.1) is 0 Å². The molecule has 0 saturated heterocycles. The van der Waals surface area contributed by atoms with Crippen LogP contribution in [0.1, 0.15) is 41.3 Å². The normalized spacial score (nSPS) is 11.3. The highest BCUT2D eigenvalue weighted by atomic mass is 32.2. The summed E-state index contributed by atoms with van der Waals surface area (Å²) in [5, 5.41) is 2.97. The van der Waals surface area contributed by atoms with Gasteiger partial charge in [-0.3, -0.25) is 9.10 Å². The van der Waals surface area contributed by atoms with E-state index in [1.807, 2.05) is 30.3 Å². The minimum absolute atomic E-state index is 0.195. The van der Waals surface area contributed by atoms with Crippen molar-refractivity contribution in [1.29, 1.82) is 0 Å². The molecule has 156 valence electrons. The number of hydrogen-bond donors (Lipinski definition) is 1. The Hall–Kier alpha value is -3.12. The summed E-state index contributed by atoms with van der Waals surface area (Å²) in [7, 11) is -3.44. The lowest BCUT2D eigenvalue weighted by Crippen LogP contribution is -2.29. The van der Waals surface area contributed by atoms with Crippen molar-refractivity contribution in [2.45, 2.75) is 26.3 Å². The highest BCUT2D eigenvalue weighted by Crippen LogP contribution is 2.24. The van der Waals surface area contributed by atoms with Crippen LogP contribution in [0.15, 0.2) is 78.9 Å². The Bertz CT molecular complexity index is 1110. The molecular formula is C24H26N2O3S. The van der Waals surface area contributed by atoms with Crippen LogP contribution in [-0.2, 0) is 16.6 Å². The van der Waals surface area contributed by atoms with Crippen molar-refractivity contribution in [3.8, 4) is 0 Å². The number of sulfonamides is 1. The van der Waals surface area contributed by atoms with Gasteiger partial charge in [-0.15, -0.1) is 0 Å². The summed E-state index contributed by atoms with van der Waals surface area (Å²) in [4.78, 5) is 12.7. The molecule has 0 fully saturated rings. The summed E-state index contributed by atoms with van der Waals surface area (Å²) < 4.78 is 25.9. The van der Waals surface area contributed by atoms with Gasteiger partial charge >= 0.3 is 0 Å². The van der Waals surface area contributed by atoms with Gasteiger partial charge in [-0.25, -0.2) is 8.42 Å². The van der Waals surface area contributed by atoms with Crippen LogP contribution >= 0.6 is 0 Å². The van der Waals surface area contributed by atoms with E-state index in [1.54, 1.807) is 48.5 Å². The molecule has 0 unspecified atom stereocenters. The van der Waals surface area contributed by atoms with Crippen LogP contribution in [0.4, 0.5) is 11.4 Å². The largest absolute Gasteiger partial charge is 0.322 e. The topological polar surface area (TPSA) is 66.5 Å². The van der Waals surface area contributed by atoms with Crippen molar-refractivity contribution in [2.24, 2.45) is 0 Å². The summed E-state index contributed by atoms with van der Waals surface area (Å²) in [6.45, 7) is 4.36. The summed E-state index contributed by atoms with van der Waals surface area (Å²) in [6, 6.07) is 23.7. The molecule has 0 aliphatic rings. The van der Waals surface area contributed by atoms with E-state index in [0.29, 0.717) is 17.2 Å². The van der Waals surface area contributed by atoms with Gasteiger partial charge in [-0.05, 0) is 47.4 Å². The predicted molar refractivity (Wildman–Crippen MR) is 122 cm³/mol. The number of nitrogens with zero attached hydrogens (tertiary/aromatic N) is 1. The molecule has 3 aromatic carbocycles. The molecule has 0 aromatic heterocycles. The zero-order valence-electron chi connectivity index (χ0n) is 17.4. The van der Waals surface area contributed by atoms with Crippen molar-refractivity contribution < 1.29 is 13.2 Å². The van der Waals surface area contributed by atoms with E-state index in [2.05, 4.69) is 19.2 Å². The third-order valence-electron chi connectivity index (χ3n) is 4.82. The number of carbonyl (C=O) groups excluding carboxylic acids is 1. The second kappa shape index (κ2) is 9.13. The summed E-state index contributed by atoms with van der Waals surface area (Å²) in [5.74, 6) is 0.0986. The molecule has 0 aliphatic heterocycles. The van der Waals surface area contributed by atoms with Crippen molar-refractivity contribution in [3.05, 3.63) is 95.6 Å². The average Bonchev–Trinajstić information content (AvgIpc) is 2.72. The molecule has 0 heterocycles. The van der Waals surface area contributed by atoms with Crippen molar-refractivity contribution >= 4 is 27.3 Å². The van der Waals surface area contributed by atoms with Gasteiger partial charge < -0.3 is 5.32 Å². The Morgan fingerprint density at radius 2 is 1.50 bits per heavy atom. The maximum absolute atomic E-state index is 12.7. The van der Waals surface area contributed by atoms with Gasteiger partial charge in [0, 0.05) is 11.3 Å². The van der Waals surface area contributed by atoms with Gasteiger partial charge in [-0.2, -0.15) is 0 Å². The molecule has 0 saturated carbocycles. The number of nitrogens with one attached hydrogen (secondary N) is 1. The molecule has 5 nitrogen and oxygen atoms in total. The molecule has 0 spiro atoms. The summed E-state index contributed by atoms with van der Waals surface area (Å²) in [6.07, 6.45) is 1.19. The third-order valence-corrected chi connectivity index (χ3v) is 5.96. The second-order valence-corrected chi connectivity index (χ2v) is 9.40. The van der Waals surface area contributed by atoms with Gasteiger partial charge in [0.1, 0.15) is 0 Å². The van der Waals surface area contributed by atoms with E-state index < -0.39 is 10.0 Å². The fourth-order valence-electron chi connectivity index (χ4n) is 3.23. The van der Waals surface area contributed by atoms with Crippen LogP contribution < -0.4 is 9.62 Å². The molecule has 0 aliphatic carbocycles. The lowest BCUT2D eigenvalue weighted by atomic mass is 10.0. The van der Waals surface area contributed by atoms with E-state index in [0.717, 1.165) is 16.8 Å². The first-order chi connectivity index (χ1) is 14.3. The first kappa shape index (κ1) is 21.6. The zero-order chi connectivity index (χ0) is 21.7. The minimum atomic E-state index is -3.44. The Kier molecular flexibility index (Phi) is 6.57. The van der Waals surface area contributed by atoms with Crippen LogP contribution in [0.2, 0.25) is 0 Å². The highest BCUT2D eigenvalue weighted by Gasteiger charge is 2.18. The van der Waals surface area contributed by atoms with Crippen molar-refractivity contribution in [3.63, 3.8) is 0 Å². The van der Waals surface area contributed by atoms with Crippen LogP contribution in [0.3, 0.4) is 0 Å². The Morgan fingerprint density at radius 1 is 0.900 bits per heavy atom. The van der Waals surface area contributed by atoms with Crippen molar-refractivity contribution in [2.75, 3.05) is 15.9 Å². The molecule has 6 heteroatoms. The molecule has 0 atom stereocenters. The Morgan fingerprint density at radius 3 is 2.10 bits per heavy atom. The first-order valence-electron chi connectivity index (χ1n) is 9.77. The Balaban J connectivity index is 1.77. The van der Waals surface area contributed by atoms with Gasteiger partial charge in [0.2, 0.25) is 10.0 Å². The molecule has 30 heavy (non-hydrogen) atoms. The SMILES string of the molecule is CC(C)c1ccccc1NC(=O)c1ccc(CN(c2ccccc2)S(C)(=O)=O)cc1. The number of amides is 1. The second-order valence-electron chi connectivity index (χ2n) is 7.50. The minimum Gasteiger partial charge on any atom is -0.322 e. The maximum Gasteiger partial charge on any atom is 0.255 e. The zero-order valence-corrected chi connectivity index (χ0v) is 18.2. The quantitative estimate of drug-likeness (QED) is 0.581. The molecule has 3 rings (SSSR count). The van der Waals surface area contributed by atoms with Gasteiger partial charge in [0.15, 0.2) is 0 Å². The van der Waals surface area contributed by atoms with Crippen LogP contribution in [-0.4, -0.2) is 20.6 Å². The summed E-state index contributed by atoms with van der Waals surface area (Å²) >= 11 is 0. The number of rotatable bonds is 7. The molecule has 1 amide bonds. The fourth-order valence-corrected chi connectivity index (χ4v) is 4.12. The van der Waals surface area contributed by atoms with E-state index in [1.165, 1.54) is 10.6 Å². The van der Waals surface area contributed by atoms with Gasteiger partial charge in [-0.1, -0.05) is 62.4 Å². The van der Waals surface area contributed by atoms with Crippen molar-refractivity contribution in [1.82, 2.24) is 0 Å². The summed E-state index contributed by atoms with van der Waals surface area (Å²) in [5.41, 5.74) is 3.79. The van der Waals surface area contributed by atoms with E-state index in [4.69, 9.17) is 0 Å². The fraction of sp³-hybridized carbons (Fsp3) is 0.208. The van der Waals surface area contributed by atoms with Crippen LogP contribution in [0.25, 0.3) is 0 Å². The smallest absolute Gasteiger partial charge is 0.255 e. The number of para-hydroxylation sites is 2. The lowest BCUT2D eigenvalue weighted by Gasteiger charge is -2.22. The third kappa shape index (κ3) is 5.27. The lowest BCUT2D eigenvalue weighted by molar-refractivity contribution is 0.102. The highest BCUT2D eigenvalue weighted by molar-refractivity contribution is 7.92. The number of anilines is 2. The predicted octanol–water partition coefficient (Wildman–Crippen LogP) is 5.03. The first-order valence-corrected chi connectivity index (χ1v) is 11.6. The maximum atomic E-state index is 12.7. The number of benzene rings is 3. The van der Waals surface area contributed by atoms with E-state index >= 15 is 0 Å². The Labute approximate surface area is 178 Å². The van der Waals surface area contributed by atoms with E-state index in [-0.39, 0.29) is 12.5 Å². The molecule has 3 aromatic rings. The van der Waals surface area contributed by atoms with Gasteiger partial charge in [0.25, 0.3) is 5.91 Å².